The van der Waals surface area contributed by atoms with Gasteiger partial charge in [0, 0.05) is 12.6 Å². The van der Waals surface area contributed by atoms with Crippen molar-refractivity contribution in [3.8, 4) is 0 Å². The number of nitrogens with one attached hydrogen (secondary N) is 1. The first-order valence-corrected chi connectivity index (χ1v) is 5.40. The van der Waals surface area contributed by atoms with Crippen LogP contribution in [0.3, 0.4) is 0 Å². The summed E-state index contributed by atoms with van der Waals surface area (Å²) in [5.74, 6) is 0.814. The third-order valence-electron chi connectivity index (χ3n) is 2.83. The van der Waals surface area contributed by atoms with Crippen LogP contribution in [-0.2, 0) is 13.6 Å². The number of hydrogen-bond donors (Lipinski definition) is 1. The second kappa shape index (κ2) is 4.67. The first-order valence-electron chi connectivity index (χ1n) is 5.40. The summed E-state index contributed by atoms with van der Waals surface area (Å²) in [6.07, 6.45) is 2.51. The van der Waals surface area contributed by atoms with Gasteiger partial charge in [0.05, 0.1) is 13.6 Å². The molecule has 0 spiro atoms. The molecule has 1 aliphatic heterocycles. The summed E-state index contributed by atoms with van der Waals surface area (Å²) in [6, 6.07) is 0.607. The van der Waals surface area contributed by atoms with Gasteiger partial charge in [0.25, 0.3) is 0 Å². The smallest absolute Gasteiger partial charge is 0.188 e. The molecule has 1 aliphatic rings. The van der Waals surface area contributed by atoms with Crippen LogP contribution in [0.15, 0.2) is 0 Å². The number of piperidine rings is 1. The van der Waals surface area contributed by atoms with Crippen molar-refractivity contribution in [3.05, 3.63) is 5.82 Å². The molecule has 1 fully saturated rings. The predicted octanol–water partition coefficient (Wildman–Crippen LogP) is -0.606. The van der Waals surface area contributed by atoms with E-state index in [9.17, 15) is 0 Å². The Labute approximate surface area is 89.6 Å². The van der Waals surface area contributed by atoms with Gasteiger partial charge < -0.3 is 5.32 Å². The van der Waals surface area contributed by atoms with Gasteiger partial charge in [-0.25, -0.2) is 0 Å². The minimum Gasteiger partial charge on any atom is -0.316 e. The normalized spacial score (nSPS) is 23.2. The molecule has 1 aromatic rings. The standard InChI is InChI=1S/C9H18N6/c1-10-8-4-3-5-15(6-8)7-9-11-13-14(2)12-9/h8,10H,3-7H2,1-2H3. The van der Waals surface area contributed by atoms with E-state index in [0.717, 1.165) is 25.5 Å². The Balaban J connectivity index is 1.88. The highest BCUT2D eigenvalue weighted by molar-refractivity contribution is 4.82. The van der Waals surface area contributed by atoms with Crippen molar-refractivity contribution in [2.45, 2.75) is 25.4 Å². The fourth-order valence-electron chi connectivity index (χ4n) is 2.02. The minimum atomic E-state index is 0.607. The summed E-state index contributed by atoms with van der Waals surface area (Å²) in [5.41, 5.74) is 0. The molecule has 6 heteroatoms. The lowest BCUT2D eigenvalue weighted by Gasteiger charge is -2.31. The lowest BCUT2D eigenvalue weighted by atomic mass is 10.1. The van der Waals surface area contributed by atoms with Crippen LogP contribution < -0.4 is 5.32 Å². The van der Waals surface area contributed by atoms with E-state index in [2.05, 4.69) is 25.6 Å². The largest absolute Gasteiger partial charge is 0.316 e. The third-order valence-corrected chi connectivity index (χ3v) is 2.83. The number of likely N-dealkylation sites (N-methyl/N-ethyl adjacent to an activating group) is 1. The van der Waals surface area contributed by atoms with Crippen LogP contribution in [0, 0.1) is 0 Å². The number of likely N-dealkylation sites (tertiary alicyclic amines) is 1. The number of tetrazole rings is 1. The molecular weight excluding hydrogens is 192 g/mol. The molecule has 2 heterocycles. The first kappa shape index (κ1) is 10.5. The number of nitrogens with zero attached hydrogens (tertiary/aromatic N) is 5. The van der Waals surface area contributed by atoms with Crippen molar-refractivity contribution in [1.29, 1.82) is 0 Å². The van der Waals surface area contributed by atoms with Crippen molar-refractivity contribution in [1.82, 2.24) is 30.4 Å². The first-order chi connectivity index (χ1) is 7.28. The molecule has 1 unspecified atom stereocenters. The van der Waals surface area contributed by atoms with Crippen molar-refractivity contribution >= 4 is 0 Å². The van der Waals surface area contributed by atoms with Crippen LogP contribution in [0.25, 0.3) is 0 Å². The Morgan fingerprint density at radius 1 is 1.53 bits per heavy atom. The Morgan fingerprint density at radius 3 is 3.07 bits per heavy atom. The fraction of sp³-hybridized carbons (Fsp3) is 0.889. The second-order valence-corrected chi connectivity index (χ2v) is 4.06. The van der Waals surface area contributed by atoms with E-state index in [4.69, 9.17) is 0 Å². The predicted molar refractivity (Wildman–Crippen MR) is 56.2 cm³/mol. The minimum absolute atomic E-state index is 0.607. The molecule has 0 bridgehead atoms. The summed E-state index contributed by atoms with van der Waals surface area (Å²) >= 11 is 0. The summed E-state index contributed by atoms with van der Waals surface area (Å²) < 4.78 is 0. The quantitative estimate of drug-likeness (QED) is 0.721. The lowest BCUT2D eigenvalue weighted by Crippen LogP contribution is -2.44. The van der Waals surface area contributed by atoms with E-state index < -0.39 is 0 Å². The maximum Gasteiger partial charge on any atom is 0.188 e. The van der Waals surface area contributed by atoms with E-state index >= 15 is 0 Å². The zero-order valence-electron chi connectivity index (χ0n) is 9.35. The molecule has 0 aromatic carbocycles. The summed E-state index contributed by atoms with van der Waals surface area (Å²) in [4.78, 5) is 3.89. The van der Waals surface area contributed by atoms with Crippen LogP contribution in [0.4, 0.5) is 0 Å². The van der Waals surface area contributed by atoms with E-state index in [-0.39, 0.29) is 0 Å². The van der Waals surface area contributed by atoms with Crippen LogP contribution in [0.5, 0.6) is 0 Å². The highest BCUT2D eigenvalue weighted by Gasteiger charge is 2.19. The van der Waals surface area contributed by atoms with Gasteiger partial charge in [0.1, 0.15) is 0 Å². The number of hydrogen-bond acceptors (Lipinski definition) is 5. The van der Waals surface area contributed by atoms with Crippen molar-refractivity contribution < 1.29 is 0 Å². The average molecular weight is 210 g/mol. The molecule has 6 nitrogen and oxygen atoms in total. The maximum absolute atomic E-state index is 4.19. The second-order valence-electron chi connectivity index (χ2n) is 4.06. The Bertz CT molecular complexity index is 309. The van der Waals surface area contributed by atoms with E-state index in [1.54, 1.807) is 7.05 Å². The van der Waals surface area contributed by atoms with Gasteiger partial charge in [0.15, 0.2) is 5.82 Å². The van der Waals surface area contributed by atoms with Crippen LogP contribution in [0.2, 0.25) is 0 Å². The molecule has 0 aliphatic carbocycles. The summed E-state index contributed by atoms with van der Waals surface area (Å²) in [7, 11) is 3.82. The van der Waals surface area contributed by atoms with Crippen LogP contribution in [0.1, 0.15) is 18.7 Å². The van der Waals surface area contributed by atoms with Crippen molar-refractivity contribution in [2.24, 2.45) is 7.05 Å². The van der Waals surface area contributed by atoms with Crippen molar-refractivity contribution in [2.75, 3.05) is 20.1 Å². The van der Waals surface area contributed by atoms with Gasteiger partial charge in [-0.3, -0.25) is 4.90 Å². The fourth-order valence-corrected chi connectivity index (χ4v) is 2.02. The van der Waals surface area contributed by atoms with Gasteiger partial charge in [-0.1, -0.05) is 0 Å². The van der Waals surface area contributed by atoms with Gasteiger partial charge >= 0.3 is 0 Å². The Kier molecular flexibility index (Phi) is 3.27. The molecule has 0 amide bonds. The molecule has 1 N–H and O–H groups in total. The number of aryl methyl sites for hydroxylation is 1. The van der Waals surface area contributed by atoms with Crippen LogP contribution >= 0.6 is 0 Å². The molecule has 0 saturated carbocycles. The van der Waals surface area contributed by atoms with E-state index in [0.29, 0.717) is 6.04 Å². The van der Waals surface area contributed by atoms with Gasteiger partial charge in [-0.15, -0.1) is 10.2 Å². The van der Waals surface area contributed by atoms with Gasteiger partial charge in [-0.05, 0) is 31.6 Å². The molecule has 15 heavy (non-hydrogen) atoms. The van der Waals surface area contributed by atoms with Gasteiger partial charge in [0.2, 0.25) is 0 Å². The van der Waals surface area contributed by atoms with E-state index in [1.165, 1.54) is 17.6 Å². The highest BCUT2D eigenvalue weighted by atomic mass is 15.6. The zero-order valence-corrected chi connectivity index (χ0v) is 9.35. The third kappa shape index (κ3) is 2.73. The van der Waals surface area contributed by atoms with Crippen LogP contribution in [-0.4, -0.2) is 51.3 Å². The molecule has 0 radical (unpaired) electrons. The number of aromatic nitrogens is 4. The molecule has 1 saturated heterocycles. The molecule has 1 atom stereocenters. The molecular formula is C9H18N6. The van der Waals surface area contributed by atoms with E-state index in [1.807, 2.05) is 7.05 Å². The zero-order chi connectivity index (χ0) is 10.7. The summed E-state index contributed by atoms with van der Waals surface area (Å²) in [6.45, 7) is 3.03. The topological polar surface area (TPSA) is 58.9 Å². The van der Waals surface area contributed by atoms with Crippen molar-refractivity contribution in [3.63, 3.8) is 0 Å². The maximum atomic E-state index is 4.19. The monoisotopic (exact) mass is 210 g/mol. The molecule has 1 aromatic heterocycles. The Hall–Kier alpha value is -1.01. The Morgan fingerprint density at radius 2 is 2.40 bits per heavy atom. The number of rotatable bonds is 3. The SMILES string of the molecule is CNC1CCCN(Cc2nnn(C)n2)C1. The molecule has 84 valence electrons. The summed E-state index contributed by atoms with van der Waals surface area (Å²) in [5, 5.41) is 15.3. The lowest BCUT2D eigenvalue weighted by molar-refractivity contribution is 0.184. The average Bonchev–Trinajstić information content (AvgIpc) is 2.64. The highest BCUT2D eigenvalue weighted by Crippen LogP contribution is 2.11. The molecule has 2 rings (SSSR count). The van der Waals surface area contributed by atoms with Gasteiger partial charge in [-0.2, -0.15) is 4.80 Å².